The van der Waals surface area contributed by atoms with E-state index < -0.39 is 0 Å². The number of rotatable bonds is 4. The Bertz CT molecular complexity index is 120. The van der Waals surface area contributed by atoms with Gasteiger partial charge < -0.3 is 5.32 Å². The second-order valence-electron chi connectivity index (χ2n) is 4.58. The van der Waals surface area contributed by atoms with Crippen LogP contribution in [0.2, 0.25) is 0 Å². The Kier molecular flexibility index (Phi) is 4.07. The van der Waals surface area contributed by atoms with Crippen LogP contribution in [0.5, 0.6) is 0 Å². The second-order valence-corrected chi connectivity index (χ2v) is 4.58. The lowest BCUT2D eigenvalue weighted by molar-refractivity contribution is 0.372. The summed E-state index contributed by atoms with van der Waals surface area (Å²) in [6.45, 7) is 5.94. The molecule has 0 bridgehead atoms. The number of hydrogen-bond donors (Lipinski definition) is 1. The van der Waals surface area contributed by atoms with E-state index in [4.69, 9.17) is 0 Å². The second kappa shape index (κ2) is 4.86. The van der Waals surface area contributed by atoms with Gasteiger partial charge >= 0.3 is 0 Å². The minimum Gasteiger partial charge on any atom is -0.320 e. The third-order valence-electron chi connectivity index (χ3n) is 3.33. The van der Waals surface area contributed by atoms with Crippen LogP contribution in [0, 0.1) is 17.8 Å². The summed E-state index contributed by atoms with van der Waals surface area (Å²) in [5, 5.41) is 3.24. The highest BCUT2D eigenvalue weighted by Crippen LogP contribution is 2.36. The molecule has 1 aliphatic rings. The Balaban J connectivity index is 2.17. The van der Waals surface area contributed by atoms with E-state index in [0.29, 0.717) is 0 Å². The minimum absolute atomic E-state index is 0.907. The largest absolute Gasteiger partial charge is 0.320 e. The van der Waals surface area contributed by atoms with E-state index in [1.54, 1.807) is 0 Å². The summed E-state index contributed by atoms with van der Waals surface area (Å²) < 4.78 is 0. The molecule has 1 rings (SSSR count). The van der Waals surface area contributed by atoms with Crippen LogP contribution < -0.4 is 5.32 Å². The van der Waals surface area contributed by atoms with Crippen LogP contribution in [0.25, 0.3) is 0 Å². The number of nitrogens with one attached hydrogen (secondary N) is 1. The fourth-order valence-corrected chi connectivity index (χ4v) is 2.33. The Morgan fingerprint density at radius 2 is 2.08 bits per heavy atom. The van der Waals surface area contributed by atoms with Gasteiger partial charge in [0, 0.05) is 0 Å². The molecule has 0 aromatic rings. The Hall–Kier alpha value is -0.0400. The van der Waals surface area contributed by atoms with Crippen molar-refractivity contribution in [1.29, 1.82) is 0 Å². The maximum atomic E-state index is 3.24. The predicted octanol–water partition coefficient (Wildman–Crippen LogP) is 2.67. The summed E-state index contributed by atoms with van der Waals surface area (Å²) in [6, 6.07) is 0. The van der Waals surface area contributed by atoms with Gasteiger partial charge in [0.15, 0.2) is 0 Å². The molecule has 0 heterocycles. The van der Waals surface area contributed by atoms with Crippen molar-refractivity contribution in [3.63, 3.8) is 0 Å². The van der Waals surface area contributed by atoms with Crippen LogP contribution >= 0.6 is 0 Å². The zero-order chi connectivity index (χ0) is 8.97. The van der Waals surface area contributed by atoms with Crippen molar-refractivity contribution < 1.29 is 0 Å². The molecule has 2 atom stereocenters. The Morgan fingerprint density at radius 3 is 2.58 bits per heavy atom. The van der Waals surface area contributed by atoms with Crippen molar-refractivity contribution in [2.24, 2.45) is 17.8 Å². The monoisotopic (exact) mass is 169 g/mol. The zero-order valence-corrected chi connectivity index (χ0v) is 8.77. The summed E-state index contributed by atoms with van der Waals surface area (Å²) >= 11 is 0. The van der Waals surface area contributed by atoms with Crippen LogP contribution in [0.15, 0.2) is 0 Å². The molecule has 1 aliphatic carbocycles. The predicted molar refractivity (Wildman–Crippen MR) is 54.2 cm³/mol. The van der Waals surface area contributed by atoms with E-state index in [1.165, 1.54) is 32.2 Å². The van der Waals surface area contributed by atoms with Gasteiger partial charge in [0.2, 0.25) is 0 Å². The molecule has 1 unspecified atom stereocenters. The third kappa shape index (κ3) is 2.78. The normalized spacial score (nSPS) is 30.0. The first-order chi connectivity index (χ1) is 5.74. The Labute approximate surface area is 76.9 Å². The first-order valence-electron chi connectivity index (χ1n) is 5.38. The molecule has 0 aliphatic heterocycles. The van der Waals surface area contributed by atoms with Crippen LogP contribution in [0.1, 0.15) is 39.5 Å². The first-order valence-corrected chi connectivity index (χ1v) is 5.38. The average Bonchev–Trinajstić information content (AvgIpc) is 2.48. The van der Waals surface area contributed by atoms with Gasteiger partial charge in [-0.1, -0.05) is 20.3 Å². The van der Waals surface area contributed by atoms with Gasteiger partial charge in [-0.2, -0.15) is 0 Å². The van der Waals surface area contributed by atoms with E-state index in [-0.39, 0.29) is 0 Å². The van der Waals surface area contributed by atoms with Crippen molar-refractivity contribution in [1.82, 2.24) is 5.32 Å². The molecule has 0 aromatic carbocycles. The lowest BCUT2D eigenvalue weighted by atomic mass is 9.93. The van der Waals surface area contributed by atoms with Crippen molar-refractivity contribution in [3.8, 4) is 0 Å². The van der Waals surface area contributed by atoms with Crippen molar-refractivity contribution in [3.05, 3.63) is 0 Å². The molecule has 12 heavy (non-hydrogen) atoms. The molecule has 1 heteroatoms. The number of hydrogen-bond acceptors (Lipinski definition) is 1. The summed E-state index contributed by atoms with van der Waals surface area (Å²) in [5.41, 5.74) is 0. The average molecular weight is 169 g/mol. The molecule has 1 saturated carbocycles. The highest BCUT2D eigenvalue weighted by atomic mass is 14.8. The molecular formula is C11H23N. The van der Waals surface area contributed by atoms with Gasteiger partial charge in [-0.05, 0) is 50.6 Å². The molecule has 0 radical (unpaired) electrons. The van der Waals surface area contributed by atoms with Crippen LogP contribution in [-0.4, -0.2) is 13.6 Å². The fraction of sp³-hybridized carbons (Fsp3) is 1.00. The molecular weight excluding hydrogens is 146 g/mol. The standard InChI is InChI=1S/C11H23N/c1-9(2)11-5-4-10(8-11)6-7-12-3/h9-12H,4-8H2,1-3H3/t10-,11?/m1/s1. The van der Waals surface area contributed by atoms with E-state index in [2.05, 4.69) is 26.2 Å². The van der Waals surface area contributed by atoms with Crippen molar-refractivity contribution >= 4 is 0 Å². The smallest absolute Gasteiger partial charge is 0.00493 e. The van der Waals surface area contributed by atoms with E-state index in [0.717, 1.165) is 17.8 Å². The minimum atomic E-state index is 0.907. The van der Waals surface area contributed by atoms with Gasteiger partial charge in [-0.3, -0.25) is 0 Å². The van der Waals surface area contributed by atoms with Gasteiger partial charge in [-0.15, -0.1) is 0 Å². The van der Waals surface area contributed by atoms with Gasteiger partial charge in [-0.25, -0.2) is 0 Å². The third-order valence-corrected chi connectivity index (χ3v) is 3.33. The Morgan fingerprint density at radius 1 is 1.33 bits per heavy atom. The molecule has 0 amide bonds. The van der Waals surface area contributed by atoms with Gasteiger partial charge in [0.25, 0.3) is 0 Å². The molecule has 1 nitrogen and oxygen atoms in total. The van der Waals surface area contributed by atoms with Gasteiger partial charge in [0.05, 0.1) is 0 Å². The molecule has 0 aromatic heterocycles. The van der Waals surface area contributed by atoms with Crippen molar-refractivity contribution in [2.45, 2.75) is 39.5 Å². The molecule has 0 spiro atoms. The summed E-state index contributed by atoms with van der Waals surface area (Å²) in [4.78, 5) is 0. The molecule has 0 saturated heterocycles. The van der Waals surface area contributed by atoms with Gasteiger partial charge in [0.1, 0.15) is 0 Å². The quantitative estimate of drug-likeness (QED) is 0.682. The highest BCUT2D eigenvalue weighted by Gasteiger charge is 2.25. The SMILES string of the molecule is CNCC[C@H]1CCC(C(C)C)C1. The topological polar surface area (TPSA) is 12.0 Å². The maximum absolute atomic E-state index is 3.24. The first kappa shape index (κ1) is 10.0. The molecule has 1 N–H and O–H groups in total. The lowest BCUT2D eigenvalue weighted by Gasteiger charge is -2.14. The summed E-state index contributed by atoms with van der Waals surface area (Å²) in [6.07, 6.45) is 5.83. The van der Waals surface area contributed by atoms with E-state index in [9.17, 15) is 0 Å². The van der Waals surface area contributed by atoms with E-state index in [1.807, 2.05) is 0 Å². The lowest BCUT2D eigenvalue weighted by Crippen LogP contribution is -2.12. The molecule has 1 fully saturated rings. The summed E-state index contributed by atoms with van der Waals surface area (Å²) in [5.74, 6) is 2.95. The van der Waals surface area contributed by atoms with Crippen LogP contribution in [0.4, 0.5) is 0 Å². The fourth-order valence-electron chi connectivity index (χ4n) is 2.33. The summed E-state index contributed by atoms with van der Waals surface area (Å²) in [7, 11) is 2.05. The highest BCUT2D eigenvalue weighted by molar-refractivity contribution is 4.77. The maximum Gasteiger partial charge on any atom is -0.00493 e. The molecule has 72 valence electrons. The van der Waals surface area contributed by atoms with E-state index >= 15 is 0 Å². The zero-order valence-electron chi connectivity index (χ0n) is 8.77. The van der Waals surface area contributed by atoms with Crippen LogP contribution in [-0.2, 0) is 0 Å². The van der Waals surface area contributed by atoms with Crippen molar-refractivity contribution in [2.75, 3.05) is 13.6 Å². The van der Waals surface area contributed by atoms with Crippen LogP contribution in [0.3, 0.4) is 0 Å².